The highest BCUT2D eigenvalue weighted by Gasteiger charge is 2.18. The molecule has 0 aromatic carbocycles. The molecule has 0 amide bonds. The molecule has 0 aliphatic heterocycles. The first kappa shape index (κ1) is 15.0. The second-order valence-corrected chi connectivity index (χ2v) is 8.85. The van der Waals surface area contributed by atoms with Crippen molar-refractivity contribution in [3.63, 3.8) is 0 Å². The summed E-state index contributed by atoms with van der Waals surface area (Å²) in [5, 5.41) is 3.26. The zero-order chi connectivity index (χ0) is 13.9. The molecule has 0 saturated carbocycles. The molecule has 1 atom stereocenters. The van der Waals surface area contributed by atoms with E-state index in [1.54, 1.807) is 0 Å². The third-order valence-corrected chi connectivity index (χ3v) is 6.06. The van der Waals surface area contributed by atoms with E-state index in [4.69, 9.17) is 0 Å². The minimum atomic E-state index is -2.88. The Labute approximate surface area is 120 Å². The van der Waals surface area contributed by atoms with Crippen LogP contribution < -0.4 is 5.32 Å². The van der Waals surface area contributed by atoms with Gasteiger partial charge in [-0.05, 0) is 50.8 Å². The molecule has 1 N–H and O–H groups in total. The van der Waals surface area contributed by atoms with Gasteiger partial charge in [-0.15, -0.1) is 11.3 Å². The maximum Gasteiger partial charge on any atom is 0.147 e. The summed E-state index contributed by atoms with van der Waals surface area (Å²) in [4.78, 5) is 2.82. The third-order valence-electron chi connectivity index (χ3n) is 3.73. The standard InChI is InChI=1S/C14H23NO2S2/c1-15-12(8-9-19(2,16)17)14-10-11-6-4-3-5-7-13(11)18-14/h10,12,15H,3-9H2,1-2H3. The molecule has 108 valence electrons. The van der Waals surface area contributed by atoms with Gasteiger partial charge < -0.3 is 5.32 Å². The maximum atomic E-state index is 11.3. The highest BCUT2D eigenvalue weighted by Crippen LogP contribution is 2.33. The highest BCUT2D eigenvalue weighted by atomic mass is 32.2. The van der Waals surface area contributed by atoms with E-state index in [1.165, 1.54) is 53.7 Å². The van der Waals surface area contributed by atoms with Crippen LogP contribution in [-0.4, -0.2) is 27.5 Å². The van der Waals surface area contributed by atoms with Crippen molar-refractivity contribution in [2.45, 2.75) is 44.6 Å². The van der Waals surface area contributed by atoms with Gasteiger partial charge in [-0.2, -0.15) is 0 Å². The number of aryl methyl sites for hydroxylation is 2. The summed E-state index contributed by atoms with van der Waals surface area (Å²) in [5.41, 5.74) is 1.50. The Hall–Kier alpha value is -0.390. The number of hydrogen-bond acceptors (Lipinski definition) is 4. The molecule has 19 heavy (non-hydrogen) atoms. The lowest BCUT2D eigenvalue weighted by Crippen LogP contribution is -2.19. The van der Waals surface area contributed by atoms with Gasteiger partial charge in [-0.3, -0.25) is 0 Å². The fraction of sp³-hybridized carbons (Fsp3) is 0.714. The van der Waals surface area contributed by atoms with Crippen molar-refractivity contribution in [1.29, 1.82) is 0 Å². The summed E-state index contributed by atoms with van der Waals surface area (Å²) < 4.78 is 22.6. The lowest BCUT2D eigenvalue weighted by atomic mass is 10.1. The smallest absolute Gasteiger partial charge is 0.147 e. The fourth-order valence-electron chi connectivity index (χ4n) is 2.62. The van der Waals surface area contributed by atoms with Crippen LogP contribution in [0.1, 0.15) is 47.0 Å². The van der Waals surface area contributed by atoms with Crippen molar-refractivity contribution >= 4 is 21.2 Å². The summed E-state index contributed by atoms with van der Waals surface area (Å²) in [6.45, 7) is 0. The Morgan fingerprint density at radius 3 is 2.74 bits per heavy atom. The van der Waals surface area contributed by atoms with E-state index in [0.29, 0.717) is 6.42 Å². The molecule has 1 aliphatic carbocycles. The predicted molar refractivity (Wildman–Crippen MR) is 81.7 cm³/mol. The minimum Gasteiger partial charge on any atom is -0.312 e. The van der Waals surface area contributed by atoms with E-state index in [2.05, 4.69) is 11.4 Å². The number of sulfone groups is 1. The quantitative estimate of drug-likeness (QED) is 0.851. The van der Waals surface area contributed by atoms with Gasteiger partial charge in [0.05, 0.1) is 5.75 Å². The Kier molecular flexibility index (Phi) is 5.03. The summed E-state index contributed by atoms with van der Waals surface area (Å²) in [6.07, 6.45) is 8.27. The Morgan fingerprint density at radius 1 is 1.32 bits per heavy atom. The van der Waals surface area contributed by atoms with Gasteiger partial charge in [0.15, 0.2) is 0 Å². The van der Waals surface area contributed by atoms with Gasteiger partial charge in [-0.1, -0.05) is 6.42 Å². The van der Waals surface area contributed by atoms with Crippen LogP contribution in [0, 0.1) is 0 Å². The molecule has 1 aliphatic rings. The van der Waals surface area contributed by atoms with Gasteiger partial charge >= 0.3 is 0 Å². The van der Waals surface area contributed by atoms with E-state index >= 15 is 0 Å². The molecule has 0 radical (unpaired) electrons. The molecule has 3 nitrogen and oxygen atoms in total. The molecule has 1 unspecified atom stereocenters. The van der Waals surface area contributed by atoms with Crippen molar-refractivity contribution in [2.24, 2.45) is 0 Å². The summed E-state index contributed by atoms with van der Waals surface area (Å²) in [5.74, 6) is 0.251. The zero-order valence-corrected chi connectivity index (χ0v) is 13.4. The number of thiophene rings is 1. The summed E-state index contributed by atoms with van der Waals surface area (Å²) in [7, 11) is -0.966. The van der Waals surface area contributed by atoms with Crippen LogP contribution in [-0.2, 0) is 22.7 Å². The molecule has 1 aromatic rings. The first-order valence-electron chi connectivity index (χ1n) is 6.96. The SMILES string of the molecule is CNC(CCS(C)(=O)=O)c1cc2c(s1)CCCCC2. The molecule has 5 heteroatoms. The molecular weight excluding hydrogens is 278 g/mol. The summed E-state index contributed by atoms with van der Waals surface area (Å²) in [6, 6.07) is 2.47. The Bertz CT molecular complexity index is 496. The van der Waals surface area contributed by atoms with Crippen LogP contribution in [0.5, 0.6) is 0 Å². The van der Waals surface area contributed by atoms with Crippen LogP contribution in [0.3, 0.4) is 0 Å². The van der Waals surface area contributed by atoms with Crippen LogP contribution in [0.4, 0.5) is 0 Å². The first-order chi connectivity index (χ1) is 8.99. The molecule has 1 aromatic heterocycles. The zero-order valence-electron chi connectivity index (χ0n) is 11.7. The molecule has 0 spiro atoms. The highest BCUT2D eigenvalue weighted by molar-refractivity contribution is 7.90. The number of hydrogen-bond donors (Lipinski definition) is 1. The number of fused-ring (bicyclic) bond motifs is 1. The van der Waals surface area contributed by atoms with Crippen molar-refractivity contribution in [1.82, 2.24) is 5.32 Å². The summed E-state index contributed by atoms with van der Waals surface area (Å²) >= 11 is 1.87. The van der Waals surface area contributed by atoms with Crippen molar-refractivity contribution in [2.75, 3.05) is 19.1 Å². The molecule has 0 saturated heterocycles. The van der Waals surface area contributed by atoms with E-state index in [-0.39, 0.29) is 11.8 Å². The van der Waals surface area contributed by atoms with E-state index in [9.17, 15) is 8.42 Å². The predicted octanol–water partition coefficient (Wildman–Crippen LogP) is 2.71. The van der Waals surface area contributed by atoms with E-state index in [1.807, 2.05) is 18.4 Å². The van der Waals surface area contributed by atoms with Gasteiger partial charge in [-0.25, -0.2) is 8.42 Å². The van der Waals surface area contributed by atoms with Crippen LogP contribution in [0.25, 0.3) is 0 Å². The number of nitrogens with one attached hydrogen (secondary N) is 1. The molecule has 2 rings (SSSR count). The Morgan fingerprint density at radius 2 is 2.05 bits per heavy atom. The van der Waals surface area contributed by atoms with Gasteiger partial charge in [0, 0.05) is 22.1 Å². The molecule has 0 bridgehead atoms. The average Bonchev–Trinajstić information content (AvgIpc) is 2.60. The van der Waals surface area contributed by atoms with E-state index in [0.717, 1.165) is 0 Å². The van der Waals surface area contributed by atoms with Crippen LogP contribution >= 0.6 is 11.3 Å². The molecular formula is C14H23NO2S2. The second kappa shape index (κ2) is 6.37. The monoisotopic (exact) mass is 301 g/mol. The van der Waals surface area contributed by atoms with Crippen molar-refractivity contribution in [3.05, 3.63) is 21.4 Å². The lowest BCUT2D eigenvalue weighted by molar-refractivity contribution is 0.564. The lowest BCUT2D eigenvalue weighted by Gasteiger charge is -2.13. The first-order valence-corrected chi connectivity index (χ1v) is 9.84. The Balaban J connectivity index is 2.10. The normalized spacial score (nSPS) is 17.8. The van der Waals surface area contributed by atoms with E-state index < -0.39 is 9.84 Å². The van der Waals surface area contributed by atoms with Crippen LogP contribution in [0.15, 0.2) is 6.07 Å². The van der Waals surface area contributed by atoms with Crippen molar-refractivity contribution in [3.8, 4) is 0 Å². The van der Waals surface area contributed by atoms with Crippen molar-refractivity contribution < 1.29 is 8.42 Å². The van der Waals surface area contributed by atoms with Crippen LogP contribution in [0.2, 0.25) is 0 Å². The fourth-order valence-corrected chi connectivity index (χ4v) is 4.69. The third kappa shape index (κ3) is 4.29. The second-order valence-electron chi connectivity index (χ2n) is 5.42. The molecule has 0 fully saturated rings. The topological polar surface area (TPSA) is 46.2 Å². The largest absolute Gasteiger partial charge is 0.312 e. The van der Waals surface area contributed by atoms with Gasteiger partial charge in [0.25, 0.3) is 0 Å². The van der Waals surface area contributed by atoms with Gasteiger partial charge in [0.1, 0.15) is 9.84 Å². The van der Waals surface area contributed by atoms with Gasteiger partial charge in [0.2, 0.25) is 0 Å². The number of rotatable bonds is 5. The average molecular weight is 301 g/mol. The minimum absolute atomic E-state index is 0.173. The maximum absolute atomic E-state index is 11.3. The molecule has 1 heterocycles.